The molecule has 2 rings (SSSR count). The molecule has 0 bridgehead atoms. The first-order valence-electron chi connectivity index (χ1n) is 5.36. The van der Waals surface area contributed by atoms with Gasteiger partial charge in [0.05, 0.1) is 17.4 Å². The standard InChI is InChI=1S/C12H11NO5/c14-10(8-5-9(8)12(17)18)13-7-3-1-6(2-4-7)11(15)16/h1-4,8-9H,5H2,(H,13,14)(H,15,16)(H,17,18). The quantitative estimate of drug-likeness (QED) is 0.739. The van der Waals surface area contributed by atoms with Gasteiger partial charge < -0.3 is 15.5 Å². The summed E-state index contributed by atoms with van der Waals surface area (Å²) in [6, 6.07) is 5.69. The molecule has 18 heavy (non-hydrogen) atoms. The van der Waals surface area contributed by atoms with Crippen LogP contribution >= 0.6 is 0 Å². The lowest BCUT2D eigenvalue weighted by atomic mass is 10.2. The number of hydrogen-bond acceptors (Lipinski definition) is 3. The Bertz CT molecular complexity index is 508. The number of carboxylic acid groups (broad SMARTS) is 2. The first-order valence-corrected chi connectivity index (χ1v) is 5.36. The normalized spacial score (nSPS) is 21.1. The SMILES string of the molecule is O=C(O)c1ccc(NC(=O)C2CC2C(=O)O)cc1. The van der Waals surface area contributed by atoms with E-state index < -0.39 is 23.8 Å². The van der Waals surface area contributed by atoms with E-state index in [0.717, 1.165) is 0 Å². The molecule has 6 heteroatoms. The molecule has 0 aliphatic heterocycles. The Labute approximate surface area is 102 Å². The third-order valence-corrected chi connectivity index (χ3v) is 2.84. The second kappa shape index (κ2) is 4.48. The summed E-state index contributed by atoms with van der Waals surface area (Å²) in [5, 5.41) is 19.9. The second-order valence-electron chi connectivity index (χ2n) is 4.16. The van der Waals surface area contributed by atoms with Crippen molar-refractivity contribution < 1.29 is 24.6 Å². The first kappa shape index (κ1) is 12.1. The van der Waals surface area contributed by atoms with Crippen molar-refractivity contribution in [3.63, 3.8) is 0 Å². The first-order chi connectivity index (χ1) is 8.49. The van der Waals surface area contributed by atoms with Crippen molar-refractivity contribution in [1.82, 2.24) is 0 Å². The third-order valence-electron chi connectivity index (χ3n) is 2.84. The molecule has 6 nitrogen and oxygen atoms in total. The van der Waals surface area contributed by atoms with E-state index in [4.69, 9.17) is 10.2 Å². The number of benzene rings is 1. The van der Waals surface area contributed by atoms with Crippen LogP contribution in [0.1, 0.15) is 16.8 Å². The summed E-state index contributed by atoms with van der Waals surface area (Å²) in [5.74, 6) is -3.42. The van der Waals surface area contributed by atoms with Crippen molar-refractivity contribution in [2.75, 3.05) is 5.32 Å². The number of carboxylic acids is 2. The monoisotopic (exact) mass is 249 g/mol. The van der Waals surface area contributed by atoms with Gasteiger partial charge in [-0.15, -0.1) is 0 Å². The van der Waals surface area contributed by atoms with Gasteiger partial charge in [-0.05, 0) is 30.7 Å². The van der Waals surface area contributed by atoms with Crippen LogP contribution in [-0.4, -0.2) is 28.1 Å². The molecule has 0 aromatic heterocycles. The Morgan fingerprint density at radius 1 is 1.06 bits per heavy atom. The topological polar surface area (TPSA) is 104 Å². The zero-order valence-corrected chi connectivity index (χ0v) is 9.29. The highest BCUT2D eigenvalue weighted by Crippen LogP contribution is 2.39. The zero-order chi connectivity index (χ0) is 13.3. The number of aliphatic carboxylic acids is 1. The molecule has 1 amide bonds. The fourth-order valence-corrected chi connectivity index (χ4v) is 1.69. The predicted octanol–water partition coefficient (Wildman–Crippen LogP) is 1.04. The van der Waals surface area contributed by atoms with Crippen molar-refractivity contribution in [2.24, 2.45) is 11.8 Å². The Balaban J connectivity index is 1.96. The second-order valence-corrected chi connectivity index (χ2v) is 4.16. The van der Waals surface area contributed by atoms with Crippen molar-refractivity contribution >= 4 is 23.5 Å². The number of amides is 1. The maximum absolute atomic E-state index is 11.6. The average molecular weight is 249 g/mol. The molecule has 3 N–H and O–H groups in total. The highest BCUT2D eigenvalue weighted by Gasteiger charge is 2.48. The highest BCUT2D eigenvalue weighted by atomic mass is 16.4. The molecule has 1 aliphatic carbocycles. The number of hydrogen-bond donors (Lipinski definition) is 3. The molecule has 2 atom stereocenters. The minimum absolute atomic E-state index is 0.128. The maximum atomic E-state index is 11.6. The van der Waals surface area contributed by atoms with Gasteiger partial charge in [0.25, 0.3) is 0 Å². The summed E-state index contributed by atoms with van der Waals surface area (Å²) in [6.45, 7) is 0. The number of nitrogens with one attached hydrogen (secondary N) is 1. The summed E-state index contributed by atoms with van der Waals surface area (Å²) in [7, 11) is 0. The van der Waals surface area contributed by atoms with Gasteiger partial charge in [0.15, 0.2) is 0 Å². The molecule has 0 radical (unpaired) electrons. The molecule has 1 aromatic carbocycles. The molecule has 1 aromatic rings. The van der Waals surface area contributed by atoms with Crippen LogP contribution in [0.25, 0.3) is 0 Å². The van der Waals surface area contributed by atoms with E-state index in [-0.39, 0.29) is 11.5 Å². The molecule has 0 spiro atoms. The third kappa shape index (κ3) is 2.48. The van der Waals surface area contributed by atoms with Gasteiger partial charge in [0.1, 0.15) is 0 Å². The molecule has 0 heterocycles. The summed E-state index contributed by atoms with van der Waals surface area (Å²) in [4.78, 5) is 32.8. The lowest BCUT2D eigenvalue weighted by Crippen LogP contribution is -2.16. The van der Waals surface area contributed by atoms with E-state index in [1.807, 2.05) is 0 Å². The Kier molecular flexibility index (Phi) is 3.01. The Morgan fingerprint density at radius 3 is 2.11 bits per heavy atom. The van der Waals surface area contributed by atoms with Crippen LogP contribution in [0.3, 0.4) is 0 Å². The van der Waals surface area contributed by atoms with Crippen LogP contribution in [-0.2, 0) is 9.59 Å². The van der Waals surface area contributed by atoms with Crippen LogP contribution in [0.4, 0.5) is 5.69 Å². The van der Waals surface area contributed by atoms with Crippen molar-refractivity contribution in [3.05, 3.63) is 29.8 Å². The van der Waals surface area contributed by atoms with E-state index in [0.29, 0.717) is 12.1 Å². The number of carbonyl (C=O) groups excluding carboxylic acids is 1. The molecule has 2 unspecified atom stereocenters. The largest absolute Gasteiger partial charge is 0.481 e. The van der Waals surface area contributed by atoms with E-state index >= 15 is 0 Å². The van der Waals surface area contributed by atoms with E-state index in [1.165, 1.54) is 24.3 Å². The minimum Gasteiger partial charge on any atom is -0.481 e. The average Bonchev–Trinajstić information content (AvgIpc) is 3.09. The molecule has 1 aliphatic rings. The van der Waals surface area contributed by atoms with E-state index in [1.54, 1.807) is 0 Å². The van der Waals surface area contributed by atoms with Gasteiger partial charge in [0, 0.05) is 5.69 Å². The number of anilines is 1. The number of rotatable bonds is 4. The predicted molar refractivity (Wildman–Crippen MR) is 61.3 cm³/mol. The molecule has 1 saturated carbocycles. The smallest absolute Gasteiger partial charge is 0.335 e. The fraction of sp³-hybridized carbons (Fsp3) is 0.250. The summed E-state index contributed by atoms with van der Waals surface area (Å²) >= 11 is 0. The Hall–Kier alpha value is -2.37. The van der Waals surface area contributed by atoms with E-state index in [2.05, 4.69) is 5.32 Å². The highest BCUT2D eigenvalue weighted by molar-refractivity contribution is 5.98. The molecular formula is C12H11NO5. The van der Waals surface area contributed by atoms with Crippen molar-refractivity contribution in [1.29, 1.82) is 0 Å². The van der Waals surface area contributed by atoms with Gasteiger partial charge in [0.2, 0.25) is 5.91 Å². The zero-order valence-electron chi connectivity index (χ0n) is 9.29. The van der Waals surface area contributed by atoms with Crippen LogP contribution in [0.5, 0.6) is 0 Å². The van der Waals surface area contributed by atoms with Crippen molar-refractivity contribution in [3.8, 4) is 0 Å². The van der Waals surface area contributed by atoms with Gasteiger partial charge in [-0.3, -0.25) is 9.59 Å². The van der Waals surface area contributed by atoms with Gasteiger partial charge >= 0.3 is 11.9 Å². The van der Waals surface area contributed by atoms with Gasteiger partial charge in [-0.25, -0.2) is 4.79 Å². The summed E-state index contributed by atoms with van der Waals surface area (Å²) < 4.78 is 0. The summed E-state index contributed by atoms with van der Waals surface area (Å²) in [5.41, 5.74) is 0.587. The maximum Gasteiger partial charge on any atom is 0.335 e. The Morgan fingerprint density at radius 2 is 1.67 bits per heavy atom. The summed E-state index contributed by atoms with van der Waals surface area (Å²) in [6.07, 6.45) is 0.356. The fourth-order valence-electron chi connectivity index (χ4n) is 1.69. The lowest BCUT2D eigenvalue weighted by Gasteiger charge is -2.04. The van der Waals surface area contributed by atoms with Crippen LogP contribution in [0.15, 0.2) is 24.3 Å². The number of aromatic carboxylic acids is 1. The van der Waals surface area contributed by atoms with Crippen LogP contribution in [0.2, 0.25) is 0 Å². The molecular weight excluding hydrogens is 238 g/mol. The molecule has 1 fully saturated rings. The van der Waals surface area contributed by atoms with Crippen molar-refractivity contribution in [2.45, 2.75) is 6.42 Å². The molecule has 0 saturated heterocycles. The van der Waals surface area contributed by atoms with Crippen LogP contribution in [0, 0.1) is 11.8 Å². The van der Waals surface area contributed by atoms with Gasteiger partial charge in [-0.2, -0.15) is 0 Å². The minimum atomic E-state index is -1.04. The molecule has 94 valence electrons. The van der Waals surface area contributed by atoms with E-state index in [9.17, 15) is 14.4 Å². The lowest BCUT2D eigenvalue weighted by molar-refractivity contribution is -0.139. The van der Waals surface area contributed by atoms with Gasteiger partial charge in [-0.1, -0.05) is 0 Å². The number of carbonyl (C=O) groups is 3. The van der Waals surface area contributed by atoms with Crippen LogP contribution < -0.4 is 5.32 Å².